The number of hydrogen-bond donors (Lipinski definition) is 1. The monoisotopic (exact) mass is 432 g/mol. The zero-order valence-electron chi connectivity index (χ0n) is 18.1. The van der Waals surface area contributed by atoms with Crippen LogP contribution in [0.4, 0.5) is 5.82 Å². The molecule has 4 rings (SSSR count). The maximum atomic E-state index is 5.94. The molecule has 1 aromatic heterocycles. The fourth-order valence-corrected chi connectivity index (χ4v) is 4.03. The maximum Gasteiger partial charge on any atom is 0.147 e. The molecule has 0 saturated carbocycles. The predicted octanol–water partition coefficient (Wildman–Crippen LogP) is 6.97. The summed E-state index contributed by atoms with van der Waals surface area (Å²) in [6.45, 7) is 6.31. The van der Waals surface area contributed by atoms with E-state index in [-0.39, 0.29) is 0 Å². The van der Waals surface area contributed by atoms with Gasteiger partial charge in [0.2, 0.25) is 0 Å². The van der Waals surface area contributed by atoms with Gasteiger partial charge in [-0.25, -0.2) is 0 Å². The molecule has 0 aliphatic rings. The number of rotatable bonds is 10. The highest BCUT2D eigenvalue weighted by molar-refractivity contribution is 7.13. The Morgan fingerprint density at radius 2 is 1.74 bits per heavy atom. The van der Waals surface area contributed by atoms with Crippen LogP contribution in [-0.4, -0.2) is 11.0 Å². The average Bonchev–Trinajstić information content (AvgIpc) is 3.20. The standard InChI is InChI=1S/C26H28N2O2S/c1-3-4-15-29-23-13-14-25-24(16-23)26(28-31-25)27-17-20-9-11-22(12-10-20)30-18-21-8-6-5-7-19(21)2/h5-14,16H,3-4,15,17-18H2,1-2H3,(H,27,28). The number of anilines is 1. The van der Waals surface area contributed by atoms with E-state index in [0.717, 1.165) is 46.9 Å². The Morgan fingerprint density at radius 1 is 0.935 bits per heavy atom. The van der Waals surface area contributed by atoms with Gasteiger partial charge in [-0.05, 0) is 71.9 Å². The third-order valence-corrected chi connectivity index (χ3v) is 6.07. The van der Waals surface area contributed by atoms with Gasteiger partial charge in [-0.3, -0.25) is 0 Å². The van der Waals surface area contributed by atoms with Crippen LogP contribution in [0.5, 0.6) is 11.5 Å². The van der Waals surface area contributed by atoms with Gasteiger partial charge in [-0.1, -0.05) is 49.7 Å². The topological polar surface area (TPSA) is 43.4 Å². The van der Waals surface area contributed by atoms with Crippen molar-refractivity contribution < 1.29 is 9.47 Å². The van der Waals surface area contributed by atoms with Crippen molar-refractivity contribution in [1.29, 1.82) is 0 Å². The first kappa shape index (κ1) is 21.2. The summed E-state index contributed by atoms with van der Waals surface area (Å²) in [5.41, 5.74) is 3.64. The van der Waals surface area contributed by atoms with Crippen molar-refractivity contribution in [2.24, 2.45) is 0 Å². The van der Waals surface area contributed by atoms with E-state index in [4.69, 9.17) is 9.47 Å². The molecule has 4 aromatic rings. The highest BCUT2D eigenvalue weighted by atomic mass is 32.1. The van der Waals surface area contributed by atoms with E-state index in [1.54, 1.807) is 0 Å². The molecule has 0 saturated heterocycles. The summed E-state index contributed by atoms with van der Waals surface area (Å²) in [6, 6.07) is 22.7. The van der Waals surface area contributed by atoms with Crippen LogP contribution in [0.25, 0.3) is 10.1 Å². The minimum absolute atomic E-state index is 0.581. The quantitative estimate of drug-likeness (QED) is 0.275. The summed E-state index contributed by atoms with van der Waals surface area (Å²) in [5.74, 6) is 2.68. The van der Waals surface area contributed by atoms with E-state index in [9.17, 15) is 0 Å². The first-order chi connectivity index (χ1) is 15.2. The molecule has 0 aliphatic heterocycles. The van der Waals surface area contributed by atoms with Crippen molar-refractivity contribution in [2.75, 3.05) is 11.9 Å². The fraction of sp³-hybridized carbons (Fsp3) is 0.269. The number of aromatic nitrogens is 1. The molecule has 0 amide bonds. The van der Waals surface area contributed by atoms with E-state index in [1.807, 2.05) is 30.3 Å². The molecule has 3 aromatic carbocycles. The summed E-state index contributed by atoms with van der Waals surface area (Å²) < 4.78 is 17.5. The van der Waals surface area contributed by atoms with E-state index in [0.29, 0.717) is 13.2 Å². The lowest BCUT2D eigenvalue weighted by atomic mass is 10.1. The van der Waals surface area contributed by atoms with Crippen LogP contribution in [0.1, 0.15) is 36.5 Å². The second-order valence-corrected chi connectivity index (χ2v) is 8.41. The lowest BCUT2D eigenvalue weighted by molar-refractivity contribution is 0.305. The van der Waals surface area contributed by atoms with Gasteiger partial charge in [0.15, 0.2) is 0 Å². The number of nitrogens with zero attached hydrogens (tertiary/aromatic N) is 1. The molecule has 4 nitrogen and oxygen atoms in total. The summed E-state index contributed by atoms with van der Waals surface area (Å²) in [7, 11) is 0. The number of unbranched alkanes of at least 4 members (excludes halogenated alkanes) is 1. The highest BCUT2D eigenvalue weighted by Crippen LogP contribution is 2.30. The molecule has 0 fully saturated rings. The molecule has 1 heterocycles. The van der Waals surface area contributed by atoms with Crippen LogP contribution < -0.4 is 14.8 Å². The third kappa shape index (κ3) is 5.56. The Hall–Kier alpha value is -3.05. The predicted molar refractivity (Wildman–Crippen MR) is 129 cm³/mol. The van der Waals surface area contributed by atoms with Crippen molar-refractivity contribution in [2.45, 2.75) is 39.8 Å². The summed E-state index contributed by atoms with van der Waals surface area (Å²) in [5, 5.41) is 4.57. The summed E-state index contributed by atoms with van der Waals surface area (Å²) in [6.07, 6.45) is 2.19. The van der Waals surface area contributed by atoms with Gasteiger partial charge in [-0.15, -0.1) is 0 Å². The smallest absolute Gasteiger partial charge is 0.147 e. The van der Waals surface area contributed by atoms with Crippen LogP contribution in [0.3, 0.4) is 0 Å². The normalized spacial score (nSPS) is 10.9. The molecule has 0 unspecified atom stereocenters. The minimum Gasteiger partial charge on any atom is -0.494 e. The van der Waals surface area contributed by atoms with E-state index in [1.165, 1.54) is 28.2 Å². The number of nitrogens with one attached hydrogen (secondary N) is 1. The second kappa shape index (κ2) is 10.3. The average molecular weight is 433 g/mol. The van der Waals surface area contributed by atoms with Crippen molar-refractivity contribution in [1.82, 2.24) is 4.37 Å². The van der Waals surface area contributed by atoms with Crippen molar-refractivity contribution >= 4 is 27.4 Å². The van der Waals surface area contributed by atoms with Crippen LogP contribution >= 0.6 is 11.5 Å². The molecule has 31 heavy (non-hydrogen) atoms. The fourth-order valence-electron chi connectivity index (χ4n) is 3.29. The molecule has 0 radical (unpaired) electrons. The number of aryl methyl sites for hydroxylation is 1. The SMILES string of the molecule is CCCCOc1ccc2snc(NCc3ccc(OCc4ccccc4C)cc3)c2c1. The Morgan fingerprint density at radius 3 is 2.55 bits per heavy atom. The zero-order chi connectivity index (χ0) is 21.5. The Kier molecular flexibility index (Phi) is 7.05. The lowest BCUT2D eigenvalue weighted by Gasteiger charge is -2.10. The van der Waals surface area contributed by atoms with Crippen LogP contribution in [0.2, 0.25) is 0 Å². The molecular weight excluding hydrogens is 404 g/mol. The van der Waals surface area contributed by atoms with E-state index >= 15 is 0 Å². The third-order valence-electron chi connectivity index (χ3n) is 5.25. The minimum atomic E-state index is 0.581. The molecule has 0 atom stereocenters. The molecular formula is C26H28N2O2S. The Labute approximate surface area is 188 Å². The van der Waals surface area contributed by atoms with E-state index < -0.39 is 0 Å². The number of ether oxygens (including phenoxy) is 2. The van der Waals surface area contributed by atoms with Gasteiger partial charge < -0.3 is 14.8 Å². The summed E-state index contributed by atoms with van der Waals surface area (Å²) >= 11 is 1.51. The van der Waals surface area contributed by atoms with Crippen LogP contribution in [0, 0.1) is 6.92 Å². The van der Waals surface area contributed by atoms with Crippen LogP contribution in [-0.2, 0) is 13.2 Å². The first-order valence-corrected chi connectivity index (χ1v) is 11.5. The molecule has 0 spiro atoms. The number of hydrogen-bond acceptors (Lipinski definition) is 5. The van der Waals surface area contributed by atoms with Crippen LogP contribution in [0.15, 0.2) is 66.7 Å². The van der Waals surface area contributed by atoms with Gasteiger partial charge in [0, 0.05) is 11.9 Å². The molecule has 1 N–H and O–H groups in total. The molecule has 0 aliphatic carbocycles. The second-order valence-electron chi connectivity index (χ2n) is 7.60. The molecule has 5 heteroatoms. The van der Waals surface area contributed by atoms with Gasteiger partial charge in [0.25, 0.3) is 0 Å². The summed E-state index contributed by atoms with van der Waals surface area (Å²) in [4.78, 5) is 0. The van der Waals surface area contributed by atoms with Crippen molar-refractivity contribution in [3.63, 3.8) is 0 Å². The van der Waals surface area contributed by atoms with E-state index in [2.05, 4.69) is 59.9 Å². The Bertz CT molecular complexity index is 1120. The lowest BCUT2D eigenvalue weighted by Crippen LogP contribution is -2.01. The molecule has 160 valence electrons. The number of fused-ring (bicyclic) bond motifs is 1. The highest BCUT2D eigenvalue weighted by Gasteiger charge is 2.08. The maximum absolute atomic E-state index is 5.94. The van der Waals surface area contributed by atoms with Gasteiger partial charge in [0.05, 0.1) is 11.3 Å². The number of benzene rings is 3. The first-order valence-electron chi connectivity index (χ1n) is 10.8. The van der Waals surface area contributed by atoms with Gasteiger partial charge in [0.1, 0.15) is 23.9 Å². The Balaban J connectivity index is 1.35. The van der Waals surface area contributed by atoms with Gasteiger partial charge in [-0.2, -0.15) is 4.37 Å². The molecule has 0 bridgehead atoms. The largest absolute Gasteiger partial charge is 0.494 e. The zero-order valence-corrected chi connectivity index (χ0v) is 18.9. The van der Waals surface area contributed by atoms with Crippen molar-refractivity contribution in [3.05, 3.63) is 83.4 Å². The van der Waals surface area contributed by atoms with Crippen molar-refractivity contribution in [3.8, 4) is 11.5 Å². The van der Waals surface area contributed by atoms with Gasteiger partial charge >= 0.3 is 0 Å².